The second kappa shape index (κ2) is 10.6. The molecule has 0 bridgehead atoms. The Bertz CT molecular complexity index is 1000. The second-order valence-corrected chi connectivity index (χ2v) is 13.4. The predicted octanol–water partition coefficient (Wildman–Crippen LogP) is 4.93. The van der Waals surface area contributed by atoms with Crippen molar-refractivity contribution < 1.29 is 36.2 Å². The number of hydrogen-bond donors (Lipinski definition) is 1. The smallest absolute Gasteiger partial charge is 0.476 e. The van der Waals surface area contributed by atoms with E-state index < -0.39 is 39.7 Å². The SMILES string of the molecule is CC(C)(C)OP(=O)(OC1CCC(COc2ccc(S(N)(=O)=O)cc2[N+](=O)[O-])CC1)OC(C)(C)C. The number of nitrogens with two attached hydrogens (primary N) is 1. The maximum atomic E-state index is 13.3. The first-order valence-corrected chi connectivity index (χ1v) is 14.0. The number of rotatable bonds is 9. The summed E-state index contributed by atoms with van der Waals surface area (Å²) in [5.41, 5.74) is -1.92. The van der Waals surface area contributed by atoms with Crippen molar-refractivity contribution >= 4 is 23.5 Å². The third-order valence-corrected chi connectivity index (χ3v) is 7.78. The summed E-state index contributed by atoms with van der Waals surface area (Å²) in [5.74, 6) is 0.0567. The Kier molecular flexibility index (Phi) is 8.93. The van der Waals surface area contributed by atoms with E-state index in [1.807, 2.05) is 0 Å². The Morgan fingerprint density at radius 3 is 2.03 bits per heavy atom. The first kappa shape index (κ1) is 28.7. The quantitative estimate of drug-likeness (QED) is 0.269. The molecule has 1 saturated carbocycles. The van der Waals surface area contributed by atoms with Crippen LogP contribution in [0.25, 0.3) is 0 Å². The van der Waals surface area contributed by atoms with Crippen LogP contribution >= 0.6 is 7.82 Å². The second-order valence-electron chi connectivity index (χ2n) is 10.3. The van der Waals surface area contributed by atoms with Gasteiger partial charge in [0.15, 0.2) is 5.75 Å². The minimum Gasteiger partial charge on any atom is -0.487 e. The van der Waals surface area contributed by atoms with Crippen molar-refractivity contribution in [2.45, 2.75) is 89.4 Å². The Labute approximate surface area is 201 Å². The van der Waals surface area contributed by atoms with Gasteiger partial charge in [-0.2, -0.15) is 0 Å². The molecule has 2 N–H and O–H groups in total. The molecule has 0 unspecified atom stereocenters. The van der Waals surface area contributed by atoms with Crippen molar-refractivity contribution in [2.75, 3.05) is 6.61 Å². The van der Waals surface area contributed by atoms with Gasteiger partial charge in [0.1, 0.15) is 0 Å². The van der Waals surface area contributed by atoms with Gasteiger partial charge in [-0.15, -0.1) is 0 Å². The fourth-order valence-electron chi connectivity index (χ4n) is 3.47. The first-order chi connectivity index (χ1) is 15.4. The molecule has 1 aliphatic carbocycles. The fraction of sp³-hybridized carbons (Fsp3) is 0.714. The number of sulfonamides is 1. The number of nitro groups is 1. The van der Waals surface area contributed by atoms with E-state index in [1.165, 1.54) is 12.1 Å². The van der Waals surface area contributed by atoms with E-state index in [4.69, 9.17) is 23.4 Å². The topological polar surface area (TPSA) is 157 Å². The molecule has 0 atom stereocenters. The molecule has 1 fully saturated rings. The number of ether oxygens (including phenoxy) is 1. The molecule has 0 amide bonds. The van der Waals surface area contributed by atoms with Gasteiger partial charge in [0, 0.05) is 6.07 Å². The third kappa shape index (κ3) is 9.24. The lowest BCUT2D eigenvalue weighted by molar-refractivity contribution is -0.386. The van der Waals surface area contributed by atoms with E-state index in [1.54, 1.807) is 41.5 Å². The summed E-state index contributed by atoms with van der Waals surface area (Å²) in [6.07, 6.45) is 2.21. The van der Waals surface area contributed by atoms with Gasteiger partial charge >= 0.3 is 13.5 Å². The van der Waals surface area contributed by atoms with Crippen LogP contribution < -0.4 is 9.88 Å². The van der Waals surface area contributed by atoms with Crippen molar-refractivity contribution in [3.05, 3.63) is 28.3 Å². The number of nitrogens with zero attached hydrogens (tertiary/aromatic N) is 1. The van der Waals surface area contributed by atoms with Crippen molar-refractivity contribution in [2.24, 2.45) is 11.1 Å². The van der Waals surface area contributed by atoms with Gasteiger partial charge in [-0.05, 0) is 85.3 Å². The molecule has 194 valence electrons. The van der Waals surface area contributed by atoms with Gasteiger partial charge < -0.3 is 4.74 Å². The van der Waals surface area contributed by atoms with Crippen LogP contribution in [0.4, 0.5) is 5.69 Å². The average molecular weight is 523 g/mol. The number of benzene rings is 1. The molecule has 0 saturated heterocycles. The molecular weight excluding hydrogens is 487 g/mol. The zero-order valence-electron chi connectivity index (χ0n) is 20.5. The minimum atomic E-state index is -4.07. The van der Waals surface area contributed by atoms with Gasteiger partial charge in [0.05, 0.1) is 33.7 Å². The lowest BCUT2D eigenvalue weighted by Gasteiger charge is -2.35. The van der Waals surface area contributed by atoms with Crippen LogP contribution in [0, 0.1) is 16.0 Å². The Morgan fingerprint density at radius 1 is 1.06 bits per heavy atom. The number of hydrogen-bond acceptors (Lipinski definition) is 9. The van der Waals surface area contributed by atoms with E-state index in [0.29, 0.717) is 25.7 Å². The molecule has 13 heteroatoms. The van der Waals surface area contributed by atoms with E-state index in [0.717, 1.165) is 6.07 Å². The molecule has 0 aromatic heterocycles. The number of phosphoric acid groups is 1. The molecule has 34 heavy (non-hydrogen) atoms. The summed E-state index contributed by atoms with van der Waals surface area (Å²) < 4.78 is 59.1. The van der Waals surface area contributed by atoms with E-state index in [2.05, 4.69) is 0 Å². The largest absolute Gasteiger partial charge is 0.487 e. The maximum Gasteiger partial charge on any atom is 0.476 e. The van der Waals surface area contributed by atoms with Gasteiger partial charge in [-0.1, -0.05) is 0 Å². The van der Waals surface area contributed by atoms with E-state index in [9.17, 15) is 23.1 Å². The van der Waals surface area contributed by atoms with Crippen molar-refractivity contribution in [1.29, 1.82) is 0 Å². The minimum absolute atomic E-state index is 0.0302. The molecule has 0 heterocycles. The predicted molar refractivity (Wildman–Crippen MR) is 126 cm³/mol. The molecule has 2 rings (SSSR count). The molecule has 1 aliphatic rings. The van der Waals surface area contributed by atoms with Crippen LogP contribution in [0.5, 0.6) is 5.75 Å². The fourth-order valence-corrected chi connectivity index (χ4v) is 6.04. The highest BCUT2D eigenvalue weighted by Gasteiger charge is 2.40. The third-order valence-electron chi connectivity index (χ3n) is 4.77. The van der Waals surface area contributed by atoms with Crippen molar-refractivity contribution in [3.8, 4) is 5.75 Å². The highest BCUT2D eigenvalue weighted by molar-refractivity contribution is 7.89. The van der Waals surface area contributed by atoms with Gasteiger partial charge in [0.25, 0.3) is 0 Å². The maximum absolute atomic E-state index is 13.3. The monoisotopic (exact) mass is 522 g/mol. The van der Waals surface area contributed by atoms with E-state index >= 15 is 0 Å². The zero-order valence-corrected chi connectivity index (χ0v) is 22.2. The number of phosphoric ester groups is 1. The average Bonchev–Trinajstić information content (AvgIpc) is 2.63. The summed E-state index contributed by atoms with van der Waals surface area (Å²) in [6, 6.07) is 3.29. The lowest BCUT2D eigenvalue weighted by atomic mass is 9.88. The first-order valence-electron chi connectivity index (χ1n) is 11.0. The zero-order chi connectivity index (χ0) is 25.9. The Hall–Kier alpha value is -1.56. The van der Waals surface area contributed by atoms with Crippen LogP contribution in [0.2, 0.25) is 0 Å². The molecule has 0 spiro atoms. The number of primary sulfonamides is 1. The van der Waals surface area contributed by atoms with Crippen molar-refractivity contribution in [1.82, 2.24) is 0 Å². The summed E-state index contributed by atoms with van der Waals surface area (Å²) in [6.45, 7) is 10.9. The van der Waals surface area contributed by atoms with Gasteiger partial charge in [-0.3, -0.25) is 23.7 Å². The van der Waals surface area contributed by atoms with Gasteiger partial charge in [-0.25, -0.2) is 18.1 Å². The van der Waals surface area contributed by atoms with Crippen LogP contribution in [0.15, 0.2) is 23.1 Å². The molecular formula is C21H35N2O9PS. The molecule has 0 aliphatic heterocycles. The molecule has 1 aromatic rings. The highest BCUT2D eigenvalue weighted by Crippen LogP contribution is 2.57. The van der Waals surface area contributed by atoms with Crippen LogP contribution in [0.1, 0.15) is 67.2 Å². The molecule has 11 nitrogen and oxygen atoms in total. The highest BCUT2D eigenvalue weighted by atomic mass is 32.2. The Morgan fingerprint density at radius 2 is 1.59 bits per heavy atom. The summed E-state index contributed by atoms with van der Waals surface area (Å²) in [4.78, 5) is 10.3. The number of nitro benzene ring substituents is 1. The van der Waals surface area contributed by atoms with Crippen molar-refractivity contribution in [3.63, 3.8) is 0 Å². The molecule has 1 aromatic carbocycles. The van der Waals surface area contributed by atoms with Crippen LogP contribution in [-0.2, 0) is 28.2 Å². The summed E-state index contributed by atoms with van der Waals surface area (Å²) >= 11 is 0. The Balaban J connectivity index is 1.99. The standard InChI is InChI=1S/C21H35N2O9PS/c1-20(2,3)31-33(26,32-21(4,5)6)30-16-9-7-15(8-10-16)14-29-19-12-11-17(34(22,27)28)13-18(19)23(24)25/h11-13,15-16H,7-10,14H2,1-6H3,(H2,22,27,28). The van der Waals surface area contributed by atoms with Crippen LogP contribution in [-0.4, -0.2) is 37.3 Å². The normalized spacial score (nSPS) is 20.2. The van der Waals surface area contributed by atoms with Gasteiger partial charge in [0.2, 0.25) is 10.0 Å². The molecule has 0 radical (unpaired) electrons. The summed E-state index contributed by atoms with van der Waals surface area (Å²) in [5, 5.41) is 16.4. The van der Waals surface area contributed by atoms with Crippen LogP contribution in [0.3, 0.4) is 0 Å². The lowest BCUT2D eigenvalue weighted by Crippen LogP contribution is -2.29. The van der Waals surface area contributed by atoms with E-state index in [-0.39, 0.29) is 29.3 Å². The summed E-state index contributed by atoms with van der Waals surface area (Å²) in [7, 11) is -7.89.